The summed E-state index contributed by atoms with van der Waals surface area (Å²) in [6, 6.07) is 12.2. The molecule has 2 aromatic carbocycles. The quantitative estimate of drug-likeness (QED) is 0.635. The van der Waals surface area contributed by atoms with E-state index in [1.54, 1.807) is 12.1 Å². The van der Waals surface area contributed by atoms with E-state index in [1.165, 1.54) is 6.92 Å². The Kier molecular flexibility index (Phi) is 6.04. The maximum absolute atomic E-state index is 12.8. The Labute approximate surface area is 184 Å². The maximum atomic E-state index is 12.8. The number of hydrogen-bond donors (Lipinski definition) is 2. The molecule has 166 valence electrons. The first-order chi connectivity index (χ1) is 14.4. The second-order valence-electron chi connectivity index (χ2n) is 9.82. The van der Waals surface area contributed by atoms with Crippen LogP contribution < -0.4 is 0 Å². The minimum atomic E-state index is -1.57. The van der Waals surface area contributed by atoms with Crippen LogP contribution >= 0.6 is 0 Å². The first-order valence-electron chi connectivity index (χ1n) is 10.4. The zero-order valence-electron chi connectivity index (χ0n) is 18.6. The molecule has 0 unspecified atom stereocenters. The molecule has 2 N–H and O–H groups in total. The van der Waals surface area contributed by atoms with Crippen molar-refractivity contribution in [1.82, 2.24) is 4.90 Å². The smallest absolute Gasteiger partial charge is 0.410 e. The Balaban J connectivity index is 1.91. The van der Waals surface area contributed by atoms with Crippen LogP contribution in [-0.2, 0) is 15.1 Å². The molecule has 1 saturated heterocycles. The van der Waals surface area contributed by atoms with Gasteiger partial charge in [0, 0.05) is 14.5 Å². The van der Waals surface area contributed by atoms with Gasteiger partial charge in [-0.2, -0.15) is 0 Å². The molecule has 1 heterocycles. The zero-order valence-corrected chi connectivity index (χ0v) is 19.6. The molecule has 0 spiro atoms. The lowest BCUT2D eigenvalue weighted by atomic mass is 9.85. The van der Waals surface area contributed by atoms with Crippen LogP contribution in [0, 0.1) is 0 Å². The second-order valence-corrected chi connectivity index (χ2v) is 15.4. The Morgan fingerprint density at radius 3 is 2.48 bits per heavy atom. The Morgan fingerprint density at radius 1 is 1.19 bits per heavy atom. The normalized spacial score (nSPS) is 23.7. The molecule has 2 atom stereocenters. The molecule has 0 radical (unpaired) electrons. The fourth-order valence-corrected chi connectivity index (χ4v) is 4.73. The van der Waals surface area contributed by atoms with E-state index in [9.17, 15) is 19.8 Å². The van der Waals surface area contributed by atoms with Crippen molar-refractivity contribution in [2.75, 3.05) is 13.2 Å². The van der Waals surface area contributed by atoms with Gasteiger partial charge < -0.3 is 14.9 Å². The van der Waals surface area contributed by atoms with Crippen molar-refractivity contribution in [1.29, 1.82) is 0 Å². The number of rotatable bonds is 6. The SMILES string of the molecule is C=Cc1ccc2ccc([C@@]3(O)CN(C(=O)OCC[Si](C)(C)C)[C@](C)(C(=O)O)C3)cc2c1. The number of fused-ring (bicyclic) bond motifs is 1. The molecule has 3 rings (SSSR count). The van der Waals surface area contributed by atoms with Gasteiger partial charge in [0.2, 0.25) is 0 Å². The number of β-amino-alcohol motifs (C(OH)–C–C–N with tert-alkyl or cyclic N) is 1. The van der Waals surface area contributed by atoms with Gasteiger partial charge in [0.1, 0.15) is 11.1 Å². The monoisotopic (exact) mass is 441 g/mol. The standard InChI is InChI=1S/C24H31NO5Si/c1-6-17-7-8-18-9-10-20(14-19(18)13-17)24(29)15-23(2,21(26)27)25(16-24)22(28)30-11-12-31(3,4)5/h6-10,13-14,29H,1,11-12,15-16H2,2-5H3,(H,26,27)/t23-,24-/m0/s1. The first kappa shape index (κ1) is 23.0. The van der Waals surface area contributed by atoms with Gasteiger partial charge in [-0.05, 0) is 47.0 Å². The number of aliphatic hydroxyl groups is 1. The third-order valence-corrected chi connectivity index (χ3v) is 7.75. The van der Waals surface area contributed by atoms with Crippen LogP contribution in [0.15, 0.2) is 43.0 Å². The summed E-state index contributed by atoms with van der Waals surface area (Å²) >= 11 is 0. The summed E-state index contributed by atoms with van der Waals surface area (Å²) in [6.07, 6.45) is 0.926. The van der Waals surface area contributed by atoms with E-state index in [-0.39, 0.29) is 19.6 Å². The van der Waals surface area contributed by atoms with Gasteiger partial charge in [-0.3, -0.25) is 4.90 Å². The van der Waals surface area contributed by atoms with E-state index in [4.69, 9.17) is 4.74 Å². The van der Waals surface area contributed by atoms with Gasteiger partial charge in [-0.15, -0.1) is 0 Å². The largest absolute Gasteiger partial charge is 0.480 e. The van der Waals surface area contributed by atoms with E-state index in [2.05, 4.69) is 26.2 Å². The molecule has 6 nitrogen and oxygen atoms in total. The van der Waals surface area contributed by atoms with Crippen LogP contribution in [0.2, 0.25) is 25.7 Å². The molecular weight excluding hydrogens is 410 g/mol. The molecule has 31 heavy (non-hydrogen) atoms. The maximum Gasteiger partial charge on any atom is 0.410 e. The summed E-state index contributed by atoms with van der Waals surface area (Å²) < 4.78 is 5.41. The predicted molar refractivity (Wildman–Crippen MR) is 125 cm³/mol. The van der Waals surface area contributed by atoms with Gasteiger partial charge in [-0.25, -0.2) is 9.59 Å². The number of carboxylic acids is 1. The van der Waals surface area contributed by atoms with Gasteiger partial charge in [-0.1, -0.05) is 56.6 Å². The van der Waals surface area contributed by atoms with Crippen molar-refractivity contribution in [3.63, 3.8) is 0 Å². The fraction of sp³-hybridized carbons (Fsp3) is 0.417. The number of aliphatic carboxylic acids is 1. The lowest BCUT2D eigenvalue weighted by molar-refractivity contribution is -0.148. The highest BCUT2D eigenvalue weighted by atomic mass is 28.3. The molecule has 1 amide bonds. The van der Waals surface area contributed by atoms with Crippen LogP contribution in [0.1, 0.15) is 24.5 Å². The summed E-state index contributed by atoms with van der Waals surface area (Å²) in [4.78, 5) is 26.1. The van der Waals surface area contributed by atoms with Crippen molar-refractivity contribution in [3.8, 4) is 0 Å². The molecule has 0 aliphatic carbocycles. The highest BCUT2D eigenvalue weighted by molar-refractivity contribution is 6.76. The molecule has 1 aliphatic rings. The number of likely N-dealkylation sites (tertiary alicyclic amines) is 1. The zero-order chi connectivity index (χ0) is 23.0. The topological polar surface area (TPSA) is 87.1 Å². The number of nitrogens with zero attached hydrogens (tertiary/aromatic N) is 1. The highest BCUT2D eigenvalue weighted by Crippen LogP contribution is 2.43. The van der Waals surface area contributed by atoms with Crippen LogP contribution in [0.5, 0.6) is 0 Å². The van der Waals surface area contributed by atoms with E-state index in [0.717, 1.165) is 27.3 Å². The van der Waals surface area contributed by atoms with Gasteiger partial charge in [0.15, 0.2) is 0 Å². The summed E-state index contributed by atoms with van der Waals surface area (Å²) in [7, 11) is -1.40. The van der Waals surface area contributed by atoms with E-state index in [0.29, 0.717) is 5.56 Å². The van der Waals surface area contributed by atoms with Crippen LogP contribution in [-0.4, -0.2) is 53.9 Å². The molecule has 1 aliphatic heterocycles. The Bertz CT molecular complexity index is 1030. The third kappa shape index (κ3) is 4.67. The highest BCUT2D eigenvalue weighted by Gasteiger charge is 2.57. The summed E-state index contributed by atoms with van der Waals surface area (Å²) in [5.74, 6) is -1.17. The van der Waals surface area contributed by atoms with E-state index >= 15 is 0 Å². The average molecular weight is 442 g/mol. The first-order valence-corrected chi connectivity index (χ1v) is 14.2. The number of carbonyl (C=O) groups is 2. The summed E-state index contributed by atoms with van der Waals surface area (Å²) in [5, 5.41) is 23.3. The van der Waals surface area contributed by atoms with Crippen LogP contribution in [0.25, 0.3) is 16.8 Å². The molecule has 1 fully saturated rings. The lowest BCUT2D eigenvalue weighted by Gasteiger charge is -2.30. The van der Waals surface area contributed by atoms with Crippen molar-refractivity contribution in [2.24, 2.45) is 0 Å². The number of carboxylic acid groups (broad SMARTS) is 1. The minimum Gasteiger partial charge on any atom is -0.480 e. The van der Waals surface area contributed by atoms with E-state index < -0.39 is 31.3 Å². The number of carbonyl (C=O) groups excluding carboxylic acids is 1. The number of hydrogen-bond acceptors (Lipinski definition) is 4. The number of ether oxygens (including phenoxy) is 1. The molecular formula is C24H31NO5Si. The number of amides is 1. The van der Waals surface area contributed by atoms with Crippen LogP contribution in [0.4, 0.5) is 4.79 Å². The van der Waals surface area contributed by atoms with Crippen molar-refractivity contribution in [2.45, 2.75) is 50.2 Å². The van der Waals surface area contributed by atoms with Crippen molar-refractivity contribution in [3.05, 3.63) is 54.1 Å². The molecule has 0 saturated carbocycles. The van der Waals surface area contributed by atoms with Crippen molar-refractivity contribution >= 4 is 37.0 Å². The van der Waals surface area contributed by atoms with Crippen molar-refractivity contribution < 1.29 is 24.5 Å². The second kappa shape index (κ2) is 8.13. The van der Waals surface area contributed by atoms with Gasteiger partial charge in [0.25, 0.3) is 0 Å². The predicted octanol–water partition coefficient (Wildman–Crippen LogP) is 4.69. The van der Waals surface area contributed by atoms with Gasteiger partial charge in [0.05, 0.1) is 13.2 Å². The Morgan fingerprint density at radius 2 is 1.87 bits per heavy atom. The molecule has 2 aromatic rings. The molecule has 0 aromatic heterocycles. The summed E-state index contributed by atoms with van der Waals surface area (Å²) in [6.45, 7) is 11.9. The lowest BCUT2D eigenvalue weighted by Crippen LogP contribution is -2.51. The van der Waals surface area contributed by atoms with Gasteiger partial charge >= 0.3 is 12.1 Å². The average Bonchev–Trinajstić information content (AvgIpc) is 2.99. The molecule has 7 heteroatoms. The van der Waals surface area contributed by atoms with E-state index in [1.807, 2.05) is 30.3 Å². The minimum absolute atomic E-state index is 0.120. The fourth-order valence-electron chi connectivity index (χ4n) is 4.01. The third-order valence-electron chi connectivity index (χ3n) is 6.05. The van der Waals surface area contributed by atoms with Crippen LogP contribution in [0.3, 0.4) is 0 Å². The molecule has 0 bridgehead atoms. The summed E-state index contributed by atoms with van der Waals surface area (Å²) in [5.41, 5.74) is -1.54. The number of benzene rings is 2. The Hall–Kier alpha value is -2.64.